The van der Waals surface area contributed by atoms with Gasteiger partial charge in [0.1, 0.15) is 0 Å². The van der Waals surface area contributed by atoms with E-state index >= 15 is 0 Å². The first kappa shape index (κ1) is 29.3. The van der Waals surface area contributed by atoms with Crippen LogP contribution in [0.5, 0.6) is 0 Å². The van der Waals surface area contributed by atoms with E-state index in [-0.39, 0.29) is 37.0 Å². The topological polar surface area (TPSA) is 0 Å². The van der Waals surface area contributed by atoms with Gasteiger partial charge in [-0.2, -0.15) is 0 Å². The number of allylic oxidation sites excluding steroid dienone is 4. The molecule has 0 aliphatic heterocycles. The molecule has 0 bridgehead atoms. The van der Waals surface area contributed by atoms with Gasteiger partial charge in [0.2, 0.25) is 0 Å². The van der Waals surface area contributed by atoms with Gasteiger partial charge in [-0.05, 0) is 64.3 Å². The Balaban J connectivity index is 0.00000316. The van der Waals surface area contributed by atoms with E-state index in [0.29, 0.717) is 0 Å². The molecule has 0 spiro atoms. The summed E-state index contributed by atoms with van der Waals surface area (Å²) in [6, 6.07) is 25.2. The smallest absolute Gasteiger partial charge is 0 e. The Morgan fingerprint density at radius 3 is 2.19 bits per heavy atom. The summed E-state index contributed by atoms with van der Waals surface area (Å²) in [6.45, 7) is 16.4. The van der Waals surface area contributed by atoms with Crippen LogP contribution in [0.1, 0.15) is 99.4 Å². The van der Waals surface area contributed by atoms with E-state index in [9.17, 15) is 0 Å². The largest absolute Gasteiger partial charge is 0.138 e. The van der Waals surface area contributed by atoms with E-state index in [1.807, 2.05) is 0 Å². The molecule has 0 unspecified atom stereocenters. The van der Waals surface area contributed by atoms with Gasteiger partial charge in [-0.3, -0.25) is 0 Å². The molecule has 1 heteroatoms. The predicted molar refractivity (Wildman–Crippen MR) is 176 cm³/mol. The summed E-state index contributed by atoms with van der Waals surface area (Å²) in [6.07, 6.45) is 10.9. The van der Waals surface area contributed by atoms with Crippen LogP contribution < -0.4 is 0 Å². The quantitative estimate of drug-likeness (QED) is 0.172. The minimum Gasteiger partial charge on any atom is -0.138 e. The minimum absolute atomic E-state index is 0. The molecular formula is C41H41Zr-. The Labute approximate surface area is 272 Å². The number of hydrogen-bond acceptors (Lipinski definition) is 0. The van der Waals surface area contributed by atoms with Gasteiger partial charge in [-0.1, -0.05) is 155 Å². The Kier molecular flexibility index (Phi) is 7.30. The van der Waals surface area contributed by atoms with Gasteiger partial charge in [-0.15, -0.1) is 28.3 Å². The molecule has 0 nitrogen and oxygen atoms in total. The molecule has 4 aromatic rings. The van der Waals surface area contributed by atoms with E-state index in [2.05, 4.69) is 127 Å². The van der Waals surface area contributed by atoms with Gasteiger partial charge in [-0.25, -0.2) is 0 Å². The van der Waals surface area contributed by atoms with Crippen LogP contribution in [0.4, 0.5) is 0 Å². The molecule has 210 valence electrons. The van der Waals surface area contributed by atoms with Crippen molar-refractivity contribution in [2.24, 2.45) is 0 Å². The van der Waals surface area contributed by atoms with Gasteiger partial charge < -0.3 is 0 Å². The molecule has 3 aliphatic rings. The van der Waals surface area contributed by atoms with Crippen LogP contribution in [0, 0.1) is 6.07 Å². The Morgan fingerprint density at radius 2 is 1.50 bits per heavy atom. The van der Waals surface area contributed by atoms with E-state index in [1.54, 1.807) is 0 Å². The van der Waals surface area contributed by atoms with Crippen molar-refractivity contribution in [2.45, 2.75) is 85.0 Å². The summed E-state index contributed by atoms with van der Waals surface area (Å²) in [7, 11) is 0. The van der Waals surface area contributed by atoms with Crippen LogP contribution in [0.25, 0.3) is 39.0 Å². The molecule has 0 saturated carbocycles. The van der Waals surface area contributed by atoms with Crippen LogP contribution in [-0.4, -0.2) is 0 Å². The van der Waals surface area contributed by atoms with E-state index in [1.165, 1.54) is 83.5 Å². The van der Waals surface area contributed by atoms with Crippen LogP contribution in [0.3, 0.4) is 0 Å². The molecule has 0 heterocycles. The standard InChI is InChI=1S/C41H41.Zr/c1-8-30-37(25-13-9-10-14-25)35(24-28-21-26-15-11-12-16-32(26)38(28)30)39-34-23-27-22-29(40(2,3)4)17-18-31(27)33(34)19-20-36(39)41(5,6)7;/h9-13,15-20,22H,8,14,21,23H2,1-7H3;/q-1;. The molecule has 0 saturated heterocycles. The van der Waals surface area contributed by atoms with Crippen molar-refractivity contribution in [1.82, 2.24) is 0 Å². The normalized spacial score (nSPS) is 14.7. The molecule has 42 heavy (non-hydrogen) atoms. The van der Waals surface area contributed by atoms with Crippen molar-refractivity contribution >= 4 is 5.57 Å². The van der Waals surface area contributed by atoms with Crippen LogP contribution >= 0.6 is 0 Å². The molecule has 0 fully saturated rings. The zero-order valence-electron chi connectivity index (χ0n) is 26.3. The fourth-order valence-corrected chi connectivity index (χ4v) is 7.48. The molecule has 0 radical (unpaired) electrons. The Bertz CT molecular complexity index is 1800. The van der Waals surface area contributed by atoms with Gasteiger partial charge in [0, 0.05) is 26.2 Å². The molecule has 0 aromatic heterocycles. The molecule has 3 aliphatic carbocycles. The van der Waals surface area contributed by atoms with Crippen LogP contribution in [0.2, 0.25) is 0 Å². The maximum atomic E-state index is 4.14. The third-order valence-corrected chi connectivity index (χ3v) is 9.53. The minimum atomic E-state index is 0. The second-order valence-electron chi connectivity index (χ2n) is 14.3. The molecule has 0 atom stereocenters. The van der Waals surface area contributed by atoms with Gasteiger partial charge in [0.25, 0.3) is 0 Å². The molecule has 0 amide bonds. The maximum absolute atomic E-state index is 4.14. The maximum Gasteiger partial charge on any atom is 0 e. The average molecular weight is 625 g/mol. The summed E-state index contributed by atoms with van der Waals surface area (Å²) in [5.74, 6) is 0. The summed E-state index contributed by atoms with van der Waals surface area (Å²) < 4.78 is 0. The molecule has 4 aromatic carbocycles. The third-order valence-electron chi connectivity index (χ3n) is 9.53. The van der Waals surface area contributed by atoms with Crippen molar-refractivity contribution in [2.75, 3.05) is 0 Å². The molecular weight excluding hydrogens is 584 g/mol. The first-order valence-electron chi connectivity index (χ1n) is 15.4. The zero-order chi connectivity index (χ0) is 28.7. The van der Waals surface area contributed by atoms with Gasteiger partial charge in [0.15, 0.2) is 0 Å². The molecule has 7 rings (SSSR count). The summed E-state index contributed by atoms with van der Waals surface area (Å²) in [4.78, 5) is 0. The van der Waals surface area contributed by atoms with Gasteiger partial charge >= 0.3 is 0 Å². The van der Waals surface area contributed by atoms with Crippen molar-refractivity contribution < 1.29 is 26.2 Å². The summed E-state index contributed by atoms with van der Waals surface area (Å²) in [5.41, 5.74) is 21.5. The van der Waals surface area contributed by atoms with Crippen LogP contribution in [-0.2, 0) is 56.3 Å². The Hall–Kier alpha value is -2.76. The van der Waals surface area contributed by atoms with E-state index in [4.69, 9.17) is 0 Å². The second-order valence-corrected chi connectivity index (χ2v) is 14.3. The average Bonchev–Trinajstić information content (AvgIpc) is 3.67. The fourth-order valence-electron chi connectivity index (χ4n) is 7.48. The monoisotopic (exact) mass is 623 g/mol. The first-order valence-corrected chi connectivity index (χ1v) is 15.4. The van der Waals surface area contributed by atoms with Crippen molar-refractivity contribution in [1.29, 1.82) is 0 Å². The van der Waals surface area contributed by atoms with Crippen molar-refractivity contribution in [3.63, 3.8) is 0 Å². The fraction of sp³-hybridized carbons (Fsp3) is 0.317. The van der Waals surface area contributed by atoms with Gasteiger partial charge in [0.05, 0.1) is 0 Å². The third kappa shape index (κ3) is 4.59. The SMILES string of the molecule is CCc1c(C2=CC=CC2)c(-c2c(C(C)(C)C)ccc3c2Cc2cc(C(C)(C)C)ccc2-3)[c-]c2c1-c1ccccc1C2.[Zr]. The van der Waals surface area contributed by atoms with Crippen molar-refractivity contribution in [3.05, 3.63) is 123 Å². The van der Waals surface area contributed by atoms with Crippen molar-refractivity contribution in [3.8, 4) is 33.4 Å². The first-order chi connectivity index (χ1) is 19.6. The second kappa shape index (κ2) is 10.5. The predicted octanol–water partition coefficient (Wildman–Crippen LogP) is 10.8. The summed E-state index contributed by atoms with van der Waals surface area (Å²) in [5, 5.41) is 0. The van der Waals surface area contributed by atoms with Crippen LogP contribution in [0.15, 0.2) is 72.8 Å². The van der Waals surface area contributed by atoms with E-state index in [0.717, 1.165) is 25.7 Å². The number of rotatable bonds is 3. The molecule has 0 N–H and O–H groups in total. The Morgan fingerprint density at radius 1 is 0.738 bits per heavy atom. The number of hydrogen-bond donors (Lipinski definition) is 0. The zero-order valence-corrected chi connectivity index (χ0v) is 28.7. The summed E-state index contributed by atoms with van der Waals surface area (Å²) >= 11 is 0. The van der Waals surface area contributed by atoms with E-state index < -0.39 is 0 Å². The number of benzene rings is 4. The number of fused-ring (bicyclic) bond motifs is 6.